The molecule has 0 aliphatic carbocycles. The van der Waals surface area contributed by atoms with Crippen molar-refractivity contribution in [1.82, 2.24) is 15.0 Å². The highest BCUT2D eigenvalue weighted by atomic mass is 35.5. The molecule has 0 fully saturated rings. The second-order valence-corrected chi connectivity index (χ2v) is 4.11. The second-order valence-electron chi connectivity index (χ2n) is 3.73. The zero-order valence-electron chi connectivity index (χ0n) is 10.0. The van der Waals surface area contributed by atoms with E-state index in [1.807, 2.05) is 30.0 Å². The summed E-state index contributed by atoms with van der Waals surface area (Å²) in [6.45, 7) is 3.41. The topological polar surface area (TPSA) is 67.9 Å². The van der Waals surface area contributed by atoms with Crippen LogP contribution >= 0.6 is 11.6 Å². The van der Waals surface area contributed by atoms with Crippen LogP contribution in [0.2, 0.25) is 5.02 Å². The van der Waals surface area contributed by atoms with Crippen LogP contribution in [0, 0.1) is 0 Å². The third-order valence-corrected chi connectivity index (χ3v) is 2.92. The van der Waals surface area contributed by atoms with E-state index in [0.717, 1.165) is 12.2 Å². The molecular weight excluding hydrogens is 250 g/mol. The first-order valence-corrected chi connectivity index (χ1v) is 6.01. The maximum atomic E-state index is 6.12. The van der Waals surface area contributed by atoms with Gasteiger partial charge in [-0.15, -0.1) is 0 Å². The fourth-order valence-corrected chi connectivity index (χ4v) is 1.83. The summed E-state index contributed by atoms with van der Waals surface area (Å²) in [7, 11) is 0. The summed E-state index contributed by atoms with van der Waals surface area (Å²) in [5, 5.41) is 0.385. The molecule has 0 saturated heterocycles. The molecule has 0 bridgehead atoms. The largest absolute Gasteiger partial charge is 0.382 e. The average molecular weight is 264 g/mol. The van der Waals surface area contributed by atoms with Crippen molar-refractivity contribution in [2.24, 2.45) is 0 Å². The van der Waals surface area contributed by atoms with E-state index in [4.69, 9.17) is 17.3 Å². The first-order chi connectivity index (χ1) is 8.72. The number of hydrogen-bond acceptors (Lipinski definition) is 5. The van der Waals surface area contributed by atoms with Crippen LogP contribution in [0.5, 0.6) is 0 Å². The highest BCUT2D eigenvalue weighted by Crippen LogP contribution is 2.27. The molecule has 0 amide bonds. The average Bonchev–Trinajstić information content (AvgIpc) is 2.41. The van der Waals surface area contributed by atoms with E-state index in [0.29, 0.717) is 23.2 Å². The summed E-state index contributed by atoms with van der Waals surface area (Å²) < 4.78 is 0. The molecule has 2 heterocycles. The number of pyridine rings is 1. The van der Waals surface area contributed by atoms with Gasteiger partial charge in [0.1, 0.15) is 17.2 Å². The minimum Gasteiger partial charge on any atom is -0.382 e. The summed E-state index contributed by atoms with van der Waals surface area (Å²) in [4.78, 5) is 14.3. The summed E-state index contributed by atoms with van der Waals surface area (Å²) in [5.41, 5.74) is 6.63. The number of nitrogens with two attached hydrogens (primary N) is 1. The van der Waals surface area contributed by atoms with E-state index in [1.165, 1.54) is 6.33 Å². The zero-order chi connectivity index (χ0) is 13.0. The van der Waals surface area contributed by atoms with Gasteiger partial charge >= 0.3 is 0 Å². The molecule has 0 radical (unpaired) electrons. The number of rotatable bonds is 4. The third kappa shape index (κ3) is 2.68. The lowest BCUT2D eigenvalue weighted by molar-refractivity contribution is 0.791. The molecule has 5 nitrogen and oxygen atoms in total. The minimum atomic E-state index is 0.293. The van der Waals surface area contributed by atoms with Gasteiger partial charge in [0.25, 0.3) is 0 Å². The Balaban J connectivity index is 2.26. The van der Waals surface area contributed by atoms with Crippen LogP contribution in [0.25, 0.3) is 0 Å². The SMILES string of the molecule is CCN(Cc1ccccn1)c1ncnc(N)c1Cl. The summed E-state index contributed by atoms with van der Waals surface area (Å²) in [6, 6.07) is 5.79. The quantitative estimate of drug-likeness (QED) is 0.915. The highest BCUT2D eigenvalue weighted by Gasteiger charge is 2.13. The lowest BCUT2D eigenvalue weighted by atomic mass is 10.3. The third-order valence-electron chi connectivity index (χ3n) is 2.56. The number of aromatic nitrogens is 3. The Hall–Kier alpha value is -1.88. The fraction of sp³-hybridized carbons (Fsp3) is 0.250. The predicted molar refractivity (Wildman–Crippen MR) is 72.4 cm³/mol. The molecule has 0 aliphatic heterocycles. The monoisotopic (exact) mass is 263 g/mol. The summed E-state index contributed by atoms with van der Waals surface area (Å²) in [6.07, 6.45) is 3.18. The highest BCUT2D eigenvalue weighted by molar-refractivity contribution is 6.35. The Morgan fingerprint density at radius 2 is 2.11 bits per heavy atom. The Morgan fingerprint density at radius 1 is 1.28 bits per heavy atom. The lowest BCUT2D eigenvalue weighted by Crippen LogP contribution is -2.24. The van der Waals surface area contributed by atoms with Crippen molar-refractivity contribution in [2.75, 3.05) is 17.2 Å². The van der Waals surface area contributed by atoms with Gasteiger partial charge in [0.2, 0.25) is 0 Å². The van der Waals surface area contributed by atoms with Gasteiger partial charge in [-0.1, -0.05) is 17.7 Å². The Morgan fingerprint density at radius 3 is 2.78 bits per heavy atom. The number of halogens is 1. The molecule has 0 unspecified atom stereocenters. The number of nitrogen functional groups attached to an aromatic ring is 1. The van der Waals surface area contributed by atoms with Crippen molar-refractivity contribution in [1.29, 1.82) is 0 Å². The maximum absolute atomic E-state index is 6.12. The Bertz CT molecular complexity index is 517. The normalized spacial score (nSPS) is 10.3. The molecule has 2 N–H and O–H groups in total. The molecule has 2 aromatic heterocycles. The number of anilines is 2. The Kier molecular flexibility index (Phi) is 3.94. The van der Waals surface area contributed by atoms with Crippen molar-refractivity contribution in [2.45, 2.75) is 13.5 Å². The van der Waals surface area contributed by atoms with Gasteiger partial charge in [0, 0.05) is 12.7 Å². The minimum absolute atomic E-state index is 0.293. The van der Waals surface area contributed by atoms with E-state index in [1.54, 1.807) is 6.20 Å². The van der Waals surface area contributed by atoms with Gasteiger partial charge in [0.15, 0.2) is 5.82 Å². The van der Waals surface area contributed by atoms with Crippen molar-refractivity contribution < 1.29 is 0 Å². The van der Waals surface area contributed by atoms with Crippen LogP contribution < -0.4 is 10.6 Å². The van der Waals surface area contributed by atoms with Gasteiger partial charge in [0.05, 0.1) is 12.2 Å². The van der Waals surface area contributed by atoms with Gasteiger partial charge in [-0.05, 0) is 19.1 Å². The van der Waals surface area contributed by atoms with Crippen LogP contribution in [-0.4, -0.2) is 21.5 Å². The summed E-state index contributed by atoms with van der Waals surface area (Å²) >= 11 is 6.12. The second kappa shape index (κ2) is 5.64. The zero-order valence-corrected chi connectivity index (χ0v) is 10.8. The van der Waals surface area contributed by atoms with Gasteiger partial charge in [-0.25, -0.2) is 9.97 Å². The van der Waals surface area contributed by atoms with E-state index >= 15 is 0 Å². The van der Waals surface area contributed by atoms with Crippen LogP contribution in [0.3, 0.4) is 0 Å². The molecule has 2 rings (SSSR count). The van der Waals surface area contributed by atoms with Crippen molar-refractivity contribution in [3.63, 3.8) is 0 Å². The lowest BCUT2D eigenvalue weighted by Gasteiger charge is -2.22. The maximum Gasteiger partial charge on any atom is 0.153 e. The standard InChI is InChI=1S/C12H14ClN5/c1-2-18(7-9-5-3-4-6-15-9)12-10(13)11(14)16-8-17-12/h3-6,8H,2,7H2,1H3,(H2,14,16,17). The molecule has 2 aromatic rings. The molecule has 18 heavy (non-hydrogen) atoms. The van der Waals surface area contributed by atoms with Crippen molar-refractivity contribution >= 4 is 23.2 Å². The van der Waals surface area contributed by atoms with Crippen LogP contribution in [-0.2, 0) is 6.54 Å². The molecule has 0 aromatic carbocycles. The molecule has 6 heteroatoms. The molecule has 0 atom stereocenters. The first kappa shape index (κ1) is 12.6. The molecule has 0 spiro atoms. The van der Waals surface area contributed by atoms with E-state index in [2.05, 4.69) is 15.0 Å². The van der Waals surface area contributed by atoms with E-state index in [-0.39, 0.29) is 0 Å². The van der Waals surface area contributed by atoms with Gasteiger partial charge < -0.3 is 10.6 Å². The van der Waals surface area contributed by atoms with Gasteiger partial charge in [-0.2, -0.15) is 0 Å². The predicted octanol–water partition coefficient (Wildman–Crippen LogP) is 2.13. The molecule has 0 saturated carbocycles. The number of nitrogens with zero attached hydrogens (tertiary/aromatic N) is 4. The summed E-state index contributed by atoms with van der Waals surface area (Å²) in [5.74, 6) is 0.929. The Labute approximate surface area is 111 Å². The molecule has 94 valence electrons. The molecule has 0 aliphatic rings. The van der Waals surface area contributed by atoms with E-state index < -0.39 is 0 Å². The van der Waals surface area contributed by atoms with Crippen LogP contribution in [0.15, 0.2) is 30.7 Å². The van der Waals surface area contributed by atoms with Crippen molar-refractivity contribution in [3.8, 4) is 0 Å². The van der Waals surface area contributed by atoms with Gasteiger partial charge in [-0.3, -0.25) is 4.98 Å². The fourth-order valence-electron chi connectivity index (χ4n) is 1.62. The van der Waals surface area contributed by atoms with Crippen molar-refractivity contribution in [3.05, 3.63) is 41.4 Å². The smallest absolute Gasteiger partial charge is 0.153 e. The molecular formula is C12H14ClN5. The van der Waals surface area contributed by atoms with Crippen LogP contribution in [0.1, 0.15) is 12.6 Å². The first-order valence-electron chi connectivity index (χ1n) is 5.63. The number of hydrogen-bond donors (Lipinski definition) is 1. The van der Waals surface area contributed by atoms with Crippen LogP contribution in [0.4, 0.5) is 11.6 Å². The van der Waals surface area contributed by atoms with E-state index in [9.17, 15) is 0 Å².